The molecule has 0 radical (unpaired) electrons. The molecule has 0 rings (SSSR count). The van der Waals surface area contributed by atoms with Crippen LogP contribution in [0.2, 0.25) is 0 Å². The summed E-state index contributed by atoms with van der Waals surface area (Å²) in [4.78, 5) is 20.2. The molecule has 0 aliphatic rings. The summed E-state index contributed by atoms with van der Waals surface area (Å²) in [5.74, 6) is -3.68. The minimum absolute atomic E-state index is 0. The van der Waals surface area contributed by atoms with Crippen molar-refractivity contribution in [3.63, 3.8) is 0 Å². The van der Waals surface area contributed by atoms with E-state index in [4.69, 9.17) is 30.6 Å². The van der Waals surface area contributed by atoms with Crippen molar-refractivity contribution in [2.75, 3.05) is 0 Å². The molecule has 6 N–H and O–H groups in total. The molecule has 0 aromatic carbocycles. The summed E-state index contributed by atoms with van der Waals surface area (Å²) >= 11 is 0. The molecule has 0 fully saturated rings. The minimum Gasteiger partial charge on any atom is -1.00 e. The number of rotatable bonds is 5. The van der Waals surface area contributed by atoms with Crippen LogP contribution in [-0.2, 0) is 9.59 Å². The first-order valence-electron chi connectivity index (χ1n) is 3.47. The Morgan fingerprint density at radius 1 is 0.800 bits per heavy atom. The first kappa shape index (κ1) is 17.7. The summed E-state index contributed by atoms with van der Waals surface area (Å²) in [6, 6.07) is 0. The van der Waals surface area contributed by atoms with E-state index in [1.807, 2.05) is 0 Å². The van der Waals surface area contributed by atoms with Crippen LogP contribution in [0.5, 0.6) is 0 Å². The van der Waals surface area contributed by atoms with E-state index in [1.54, 1.807) is 0 Å². The second kappa shape index (κ2) is 7.60. The van der Waals surface area contributed by atoms with Crippen LogP contribution in [0.3, 0.4) is 0 Å². The van der Waals surface area contributed by atoms with Gasteiger partial charge in [-0.05, 0) is 0 Å². The van der Waals surface area contributed by atoms with Gasteiger partial charge in [0.15, 0.2) is 12.2 Å². The third-order valence-corrected chi connectivity index (χ3v) is 1.50. The molecule has 0 bridgehead atoms. The van der Waals surface area contributed by atoms with Crippen LogP contribution >= 0.6 is 0 Å². The third-order valence-electron chi connectivity index (χ3n) is 1.50. The van der Waals surface area contributed by atoms with Crippen molar-refractivity contribution in [1.82, 2.24) is 0 Å². The van der Waals surface area contributed by atoms with Crippen LogP contribution in [0.15, 0.2) is 0 Å². The van der Waals surface area contributed by atoms with E-state index in [2.05, 4.69) is 0 Å². The topological polar surface area (TPSA) is 156 Å². The van der Waals surface area contributed by atoms with E-state index in [-0.39, 0.29) is 51.7 Å². The fourth-order valence-corrected chi connectivity index (χ4v) is 0.666. The molecule has 4 atom stereocenters. The summed E-state index contributed by atoms with van der Waals surface area (Å²) in [5.41, 5.74) is 0. The van der Waals surface area contributed by atoms with Gasteiger partial charge in [0.1, 0.15) is 12.2 Å². The Kier molecular flexibility index (Phi) is 8.98. The predicted octanol–water partition coefficient (Wildman–Crippen LogP) is -3.56. The van der Waals surface area contributed by atoms with E-state index in [0.29, 0.717) is 0 Å². The van der Waals surface area contributed by atoms with Gasteiger partial charge in [0.2, 0.25) is 0 Å². The van der Waals surface area contributed by atoms with Gasteiger partial charge in [-0.1, -0.05) is 0 Å². The zero-order chi connectivity index (χ0) is 11.5. The molecule has 0 aliphatic heterocycles. The van der Waals surface area contributed by atoms with Gasteiger partial charge in [-0.25, -0.2) is 9.59 Å². The second-order valence-corrected chi connectivity index (χ2v) is 2.55. The molecule has 0 aliphatic carbocycles. The quantitative estimate of drug-likeness (QED) is 0.279. The molecule has 0 saturated heterocycles. The molecule has 0 aromatic rings. The van der Waals surface area contributed by atoms with Gasteiger partial charge in [-0.15, -0.1) is 0 Å². The molecule has 4 unspecified atom stereocenters. The van der Waals surface area contributed by atoms with Crippen LogP contribution in [0.25, 0.3) is 0 Å². The molecule has 0 saturated carbocycles. The van der Waals surface area contributed by atoms with Crippen LogP contribution in [-0.4, -0.2) is 116 Å². The van der Waals surface area contributed by atoms with E-state index >= 15 is 0 Å². The SMILES string of the molecule is O=C(O)C(O)C(O)C(O)C(O)C(=O)O.[Ba+2].[H-].[H-]. The zero-order valence-electron chi connectivity index (χ0n) is 9.52. The molecule has 8 nitrogen and oxygen atoms in total. The molecular formula is C6H12BaO8. The molecule has 0 aromatic heterocycles. The van der Waals surface area contributed by atoms with Crippen LogP contribution in [0, 0.1) is 0 Å². The third kappa shape index (κ3) is 5.29. The van der Waals surface area contributed by atoms with Gasteiger partial charge < -0.3 is 33.5 Å². The minimum atomic E-state index is -2.36. The Morgan fingerprint density at radius 2 is 1.00 bits per heavy atom. The average molecular weight is 349 g/mol. The van der Waals surface area contributed by atoms with Gasteiger partial charge in [0, 0.05) is 0 Å². The fraction of sp³-hybridized carbons (Fsp3) is 0.667. The maximum atomic E-state index is 10.1. The molecule has 86 valence electrons. The number of aliphatic carboxylic acids is 2. The van der Waals surface area contributed by atoms with Crippen molar-refractivity contribution in [1.29, 1.82) is 0 Å². The Morgan fingerprint density at radius 3 is 1.13 bits per heavy atom. The van der Waals surface area contributed by atoms with Gasteiger partial charge in [0.25, 0.3) is 0 Å². The maximum Gasteiger partial charge on any atom is 2.00 e. The number of carboxylic acids is 2. The van der Waals surface area contributed by atoms with Crippen molar-refractivity contribution in [3.05, 3.63) is 0 Å². The van der Waals surface area contributed by atoms with E-state index in [1.165, 1.54) is 0 Å². The van der Waals surface area contributed by atoms with Crippen molar-refractivity contribution >= 4 is 60.8 Å². The summed E-state index contributed by atoms with van der Waals surface area (Å²) in [6.07, 6.45) is -9.28. The zero-order valence-corrected chi connectivity index (χ0v) is 12.0. The normalized spacial score (nSPS) is 18.1. The van der Waals surface area contributed by atoms with Crippen molar-refractivity contribution in [3.8, 4) is 0 Å². The molecule has 0 spiro atoms. The van der Waals surface area contributed by atoms with Gasteiger partial charge in [-0.3, -0.25) is 0 Å². The van der Waals surface area contributed by atoms with E-state index in [9.17, 15) is 9.59 Å². The largest absolute Gasteiger partial charge is 2.00 e. The predicted molar refractivity (Wildman–Crippen MR) is 47.3 cm³/mol. The molecule has 15 heavy (non-hydrogen) atoms. The standard InChI is InChI=1S/C6H10O8.Ba.2H/c7-1(3(9)5(11)12)2(8)4(10)6(13)14;;;/h1-4,7-10H,(H,11,12)(H,13,14);;;/q;+2;2*-1. The summed E-state index contributed by atoms with van der Waals surface area (Å²) in [7, 11) is 0. The van der Waals surface area contributed by atoms with Crippen molar-refractivity contribution in [2.45, 2.75) is 24.4 Å². The molecule has 0 amide bonds. The number of carbonyl (C=O) groups is 2. The Balaban J connectivity index is -0.000000282. The maximum absolute atomic E-state index is 10.1. The Bertz CT molecular complexity index is 216. The van der Waals surface area contributed by atoms with Gasteiger partial charge >= 0.3 is 60.8 Å². The van der Waals surface area contributed by atoms with Crippen molar-refractivity contribution in [2.24, 2.45) is 0 Å². The smallest absolute Gasteiger partial charge is 1.00 e. The Hall–Kier alpha value is 0.351. The average Bonchev–Trinajstić information content (AvgIpc) is 2.12. The Labute approximate surface area is 127 Å². The van der Waals surface area contributed by atoms with Crippen LogP contribution in [0.1, 0.15) is 2.85 Å². The second-order valence-electron chi connectivity index (χ2n) is 2.55. The first-order valence-corrected chi connectivity index (χ1v) is 3.47. The molecule has 0 heterocycles. The van der Waals surface area contributed by atoms with E-state index in [0.717, 1.165) is 0 Å². The van der Waals surface area contributed by atoms with Crippen LogP contribution < -0.4 is 0 Å². The summed E-state index contributed by atoms with van der Waals surface area (Å²) in [5, 5.41) is 51.5. The first-order chi connectivity index (χ1) is 6.29. The van der Waals surface area contributed by atoms with Crippen LogP contribution in [0.4, 0.5) is 0 Å². The summed E-state index contributed by atoms with van der Waals surface area (Å²) < 4.78 is 0. The number of aliphatic hydroxyl groups is 4. The number of aliphatic hydroxyl groups excluding tert-OH is 4. The molecule has 9 heteroatoms. The van der Waals surface area contributed by atoms with Gasteiger partial charge in [0.05, 0.1) is 0 Å². The number of hydrogen-bond donors (Lipinski definition) is 6. The summed E-state index contributed by atoms with van der Waals surface area (Å²) in [6.45, 7) is 0. The van der Waals surface area contributed by atoms with Gasteiger partial charge in [-0.2, -0.15) is 0 Å². The van der Waals surface area contributed by atoms with E-state index < -0.39 is 36.4 Å². The monoisotopic (exact) mass is 350 g/mol. The molecular weight excluding hydrogens is 337 g/mol. The fourth-order valence-electron chi connectivity index (χ4n) is 0.666. The van der Waals surface area contributed by atoms with Crippen molar-refractivity contribution < 1.29 is 43.1 Å². The number of carboxylic acid groups (broad SMARTS) is 2. The number of hydrogen-bond acceptors (Lipinski definition) is 6.